The van der Waals surface area contributed by atoms with Crippen LogP contribution in [0, 0.1) is 6.92 Å². The molecule has 1 aromatic carbocycles. The number of furan rings is 1. The summed E-state index contributed by atoms with van der Waals surface area (Å²) < 4.78 is 12.1. The van der Waals surface area contributed by atoms with Crippen LogP contribution in [0.2, 0.25) is 0 Å². The summed E-state index contributed by atoms with van der Waals surface area (Å²) in [5.41, 5.74) is 2.33. The number of benzene rings is 1. The molecule has 0 aliphatic heterocycles. The summed E-state index contributed by atoms with van der Waals surface area (Å²) in [6, 6.07) is 8.31. The van der Waals surface area contributed by atoms with Crippen LogP contribution < -0.4 is 10.1 Å². The first-order chi connectivity index (χ1) is 9.67. The zero-order valence-corrected chi connectivity index (χ0v) is 13.7. The zero-order valence-electron chi connectivity index (χ0n) is 12.1. The Hall–Kier alpha value is -1.26. The van der Waals surface area contributed by atoms with Gasteiger partial charge in [-0.05, 0) is 60.1 Å². The first-order valence-corrected chi connectivity index (χ1v) is 7.60. The maximum atomic E-state index is 5.68. The molecule has 0 saturated carbocycles. The minimum Gasteiger partial charge on any atom is -0.492 e. The number of nitrogens with one attached hydrogen (secondary N) is 1. The molecule has 0 amide bonds. The van der Waals surface area contributed by atoms with Gasteiger partial charge in [0.2, 0.25) is 0 Å². The third kappa shape index (κ3) is 3.25. The fraction of sp³-hybridized carbons (Fsp3) is 0.375. The molecule has 1 aromatic heterocycles. The monoisotopic (exact) mass is 337 g/mol. The molecule has 0 aliphatic carbocycles. The number of hydrogen-bond acceptors (Lipinski definition) is 3. The van der Waals surface area contributed by atoms with E-state index >= 15 is 0 Å². The SMILES string of the molecule is CCCOc1ccc(C(NC)c2ccoc2C)cc1Br. The van der Waals surface area contributed by atoms with Gasteiger partial charge in [-0.3, -0.25) is 0 Å². The first-order valence-electron chi connectivity index (χ1n) is 6.80. The molecule has 1 atom stereocenters. The van der Waals surface area contributed by atoms with Gasteiger partial charge in [-0.25, -0.2) is 0 Å². The normalized spacial score (nSPS) is 12.4. The van der Waals surface area contributed by atoms with Gasteiger partial charge in [0.05, 0.1) is 23.4 Å². The average Bonchev–Trinajstić information content (AvgIpc) is 2.85. The van der Waals surface area contributed by atoms with Crippen molar-refractivity contribution < 1.29 is 9.15 Å². The van der Waals surface area contributed by atoms with Crippen molar-refractivity contribution in [3.8, 4) is 5.75 Å². The predicted octanol–water partition coefficient (Wildman–Crippen LogP) is 4.45. The lowest BCUT2D eigenvalue weighted by Crippen LogP contribution is -2.17. The molecule has 0 fully saturated rings. The van der Waals surface area contributed by atoms with Crippen molar-refractivity contribution in [1.82, 2.24) is 5.32 Å². The molecular weight excluding hydrogens is 318 g/mol. The second-order valence-electron chi connectivity index (χ2n) is 4.69. The largest absolute Gasteiger partial charge is 0.492 e. The Morgan fingerprint density at radius 2 is 2.15 bits per heavy atom. The predicted molar refractivity (Wildman–Crippen MR) is 84.3 cm³/mol. The highest BCUT2D eigenvalue weighted by Crippen LogP contribution is 2.32. The topological polar surface area (TPSA) is 34.4 Å². The van der Waals surface area contributed by atoms with Gasteiger partial charge in [-0.2, -0.15) is 0 Å². The van der Waals surface area contributed by atoms with Gasteiger partial charge >= 0.3 is 0 Å². The highest BCUT2D eigenvalue weighted by atomic mass is 79.9. The molecule has 0 radical (unpaired) electrons. The third-order valence-corrected chi connectivity index (χ3v) is 3.87. The number of halogens is 1. The number of hydrogen-bond donors (Lipinski definition) is 1. The van der Waals surface area contributed by atoms with Crippen molar-refractivity contribution in [3.63, 3.8) is 0 Å². The van der Waals surface area contributed by atoms with Gasteiger partial charge in [-0.1, -0.05) is 13.0 Å². The maximum Gasteiger partial charge on any atom is 0.133 e. The molecule has 0 spiro atoms. The van der Waals surface area contributed by atoms with Crippen LogP contribution in [0.5, 0.6) is 5.75 Å². The molecule has 1 unspecified atom stereocenters. The van der Waals surface area contributed by atoms with Gasteiger partial charge in [0, 0.05) is 5.56 Å². The van der Waals surface area contributed by atoms with Crippen molar-refractivity contribution >= 4 is 15.9 Å². The van der Waals surface area contributed by atoms with Crippen LogP contribution in [0.1, 0.15) is 36.3 Å². The van der Waals surface area contributed by atoms with Gasteiger partial charge in [0.25, 0.3) is 0 Å². The van der Waals surface area contributed by atoms with Crippen LogP contribution in [0.4, 0.5) is 0 Å². The number of rotatable bonds is 6. The van der Waals surface area contributed by atoms with Crippen LogP contribution in [-0.4, -0.2) is 13.7 Å². The summed E-state index contributed by atoms with van der Waals surface area (Å²) in [6.07, 6.45) is 2.73. The molecule has 1 N–H and O–H groups in total. The Bertz CT molecular complexity index is 565. The van der Waals surface area contributed by atoms with Crippen molar-refractivity contribution in [2.75, 3.05) is 13.7 Å². The molecule has 3 nitrogen and oxygen atoms in total. The summed E-state index contributed by atoms with van der Waals surface area (Å²) in [7, 11) is 1.95. The quantitative estimate of drug-likeness (QED) is 0.845. The van der Waals surface area contributed by atoms with E-state index in [1.54, 1.807) is 6.26 Å². The van der Waals surface area contributed by atoms with Crippen LogP contribution in [-0.2, 0) is 0 Å². The molecule has 0 aliphatic rings. The van der Waals surface area contributed by atoms with E-state index in [0.29, 0.717) is 0 Å². The second kappa shape index (κ2) is 6.95. The van der Waals surface area contributed by atoms with Gasteiger partial charge in [-0.15, -0.1) is 0 Å². The lowest BCUT2D eigenvalue weighted by atomic mass is 9.99. The summed E-state index contributed by atoms with van der Waals surface area (Å²) in [5.74, 6) is 1.82. The van der Waals surface area contributed by atoms with Crippen LogP contribution in [0.25, 0.3) is 0 Å². The van der Waals surface area contributed by atoms with E-state index in [1.165, 1.54) is 5.56 Å². The van der Waals surface area contributed by atoms with E-state index < -0.39 is 0 Å². The Morgan fingerprint density at radius 3 is 2.70 bits per heavy atom. The van der Waals surface area contributed by atoms with Crippen molar-refractivity contribution in [2.24, 2.45) is 0 Å². The van der Waals surface area contributed by atoms with Crippen LogP contribution in [0.3, 0.4) is 0 Å². The van der Waals surface area contributed by atoms with E-state index in [1.807, 2.05) is 26.1 Å². The number of aryl methyl sites for hydroxylation is 1. The van der Waals surface area contributed by atoms with Gasteiger partial charge in [0.15, 0.2) is 0 Å². The molecule has 4 heteroatoms. The van der Waals surface area contributed by atoms with E-state index in [0.717, 1.165) is 34.6 Å². The van der Waals surface area contributed by atoms with Crippen molar-refractivity contribution in [1.29, 1.82) is 0 Å². The summed E-state index contributed by atoms with van der Waals surface area (Å²) in [6.45, 7) is 4.81. The van der Waals surface area contributed by atoms with E-state index in [-0.39, 0.29) is 6.04 Å². The Labute approximate surface area is 128 Å². The minimum atomic E-state index is 0.116. The summed E-state index contributed by atoms with van der Waals surface area (Å²) in [4.78, 5) is 0. The minimum absolute atomic E-state index is 0.116. The van der Waals surface area contributed by atoms with Crippen LogP contribution >= 0.6 is 15.9 Å². The van der Waals surface area contributed by atoms with Gasteiger partial charge < -0.3 is 14.5 Å². The molecular formula is C16H20BrNO2. The van der Waals surface area contributed by atoms with Gasteiger partial charge in [0.1, 0.15) is 11.5 Å². The standard InChI is InChI=1S/C16H20BrNO2/c1-4-8-20-15-6-5-12(10-14(15)17)16(18-3)13-7-9-19-11(13)2/h5-7,9-10,16,18H,4,8H2,1-3H3. The summed E-state index contributed by atoms with van der Waals surface area (Å²) >= 11 is 3.58. The maximum absolute atomic E-state index is 5.68. The van der Waals surface area contributed by atoms with E-state index in [2.05, 4.69) is 40.3 Å². The molecule has 1 heterocycles. The fourth-order valence-electron chi connectivity index (χ4n) is 2.22. The molecule has 0 bridgehead atoms. The number of ether oxygens (including phenoxy) is 1. The fourth-order valence-corrected chi connectivity index (χ4v) is 2.73. The highest BCUT2D eigenvalue weighted by Gasteiger charge is 2.17. The van der Waals surface area contributed by atoms with Crippen molar-refractivity contribution in [3.05, 3.63) is 51.9 Å². The Balaban J connectivity index is 2.27. The molecule has 0 saturated heterocycles. The van der Waals surface area contributed by atoms with E-state index in [9.17, 15) is 0 Å². The molecule has 2 rings (SSSR count). The molecule has 20 heavy (non-hydrogen) atoms. The van der Waals surface area contributed by atoms with Crippen LogP contribution in [0.15, 0.2) is 39.4 Å². The second-order valence-corrected chi connectivity index (χ2v) is 5.55. The lowest BCUT2D eigenvalue weighted by molar-refractivity contribution is 0.315. The highest BCUT2D eigenvalue weighted by molar-refractivity contribution is 9.10. The summed E-state index contributed by atoms with van der Waals surface area (Å²) in [5, 5.41) is 3.33. The lowest BCUT2D eigenvalue weighted by Gasteiger charge is -2.17. The Morgan fingerprint density at radius 1 is 1.35 bits per heavy atom. The zero-order chi connectivity index (χ0) is 14.5. The smallest absolute Gasteiger partial charge is 0.133 e. The molecule has 2 aromatic rings. The molecule has 108 valence electrons. The first kappa shape index (κ1) is 15.1. The average molecular weight is 338 g/mol. The third-order valence-electron chi connectivity index (χ3n) is 3.25. The Kier molecular flexibility index (Phi) is 5.26. The van der Waals surface area contributed by atoms with Crippen molar-refractivity contribution in [2.45, 2.75) is 26.3 Å². The van der Waals surface area contributed by atoms with E-state index in [4.69, 9.17) is 9.15 Å².